The van der Waals surface area contributed by atoms with Crippen molar-refractivity contribution in [3.8, 4) is 0 Å². The van der Waals surface area contributed by atoms with Crippen LogP contribution in [0.4, 0.5) is 11.8 Å². The van der Waals surface area contributed by atoms with E-state index in [1.165, 1.54) is 0 Å². The van der Waals surface area contributed by atoms with Gasteiger partial charge in [0.1, 0.15) is 5.52 Å². The first-order chi connectivity index (χ1) is 10.8. The molecule has 23 heavy (non-hydrogen) atoms. The molecular formula is C17H23N5O. The van der Waals surface area contributed by atoms with Gasteiger partial charge < -0.3 is 20.7 Å². The predicted molar refractivity (Wildman–Crippen MR) is 94.6 cm³/mol. The standard InChI is InChI=1S/C17H23N5O/c1-5-19-16-21-13-14(22(16)9-17(3,4)23)11-8-6-7-10(2)12(11)20-15(13)18/h6-8,23H,5,9H2,1-4H3,(H2,18,20)(H,19,21). The number of nitrogen functional groups attached to an aromatic ring is 1. The zero-order valence-electron chi connectivity index (χ0n) is 14.0. The molecule has 0 atom stereocenters. The molecule has 1 aromatic carbocycles. The van der Waals surface area contributed by atoms with Gasteiger partial charge >= 0.3 is 0 Å². The molecule has 0 aliphatic rings. The third-order valence-corrected chi connectivity index (χ3v) is 3.82. The Hall–Kier alpha value is -2.34. The third-order valence-electron chi connectivity index (χ3n) is 3.82. The van der Waals surface area contributed by atoms with Gasteiger partial charge in [-0.05, 0) is 33.3 Å². The van der Waals surface area contributed by atoms with Gasteiger partial charge in [0.05, 0.1) is 23.2 Å². The second-order valence-corrected chi connectivity index (χ2v) is 6.53. The summed E-state index contributed by atoms with van der Waals surface area (Å²) in [5.41, 5.74) is 8.81. The van der Waals surface area contributed by atoms with E-state index in [0.29, 0.717) is 23.8 Å². The minimum absolute atomic E-state index is 0.412. The van der Waals surface area contributed by atoms with Crippen LogP contribution in [0.3, 0.4) is 0 Å². The highest BCUT2D eigenvalue weighted by molar-refractivity contribution is 6.08. The van der Waals surface area contributed by atoms with Crippen molar-refractivity contribution in [1.82, 2.24) is 14.5 Å². The summed E-state index contributed by atoms with van der Waals surface area (Å²) in [5, 5.41) is 14.6. The Morgan fingerprint density at radius 1 is 1.26 bits per heavy atom. The van der Waals surface area contributed by atoms with Crippen molar-refractivity contribution >= 4 is 33.7 Å². The molecule has 2 aromatic heterocycles. The molecular weight excluding hydrogens is 290 g/mol. The molecule has 3 rings (SSSR count). The van der Waals surface area contributed by atoms with Crippen LogP contribution in [0.15, 0.2) is 18.2 Å². The average Bonchev–Trinajstić information content (AvgIpc) is 2.79. The lowest BCUT2D eigenvalue weighted by Crippen LogP contribution is -2.27. The Kier molecular flexibility index (Phi) is 3.64. The molecule has 0 aliphatic heterocycles. The van der Waals surface area contributed by atoms with Crippen LogP contribution in [0, 0.1) is 6.92 Å². The Balaban J connectivity index is 2.43. The van der Waals surface area contributed by atoms with Crippen molar-refractivity contribution in [2.75, 3.05) is 17.6 Å². The summed E-state index contributed by atoms with van der Waals surface area (Å²) in [7, 11) is 0. The first-order valence-corrected chi connectivity index (χ1v) is 7.83. The fourth-order valence-electron chi connectivity index (χ4n) is 2.91. The maximum absolute atomic E-state index is 10.3. The van der Waals surface area contributed by atoms with Gasteiger partial charge in [0.15, 0.2) is 5.82 Å². The molecule has 0 fully saturated rings. The van der Waals surface area contributed by atoms with Crippen molar-refractivity contribution in [2.24, 2.45) is 0 Å². The number of nitrogens with zero attached hydrogens (tertiary/aromatic N) is 3. The molecule has 122 valence electrons. The number of aromatic nitrogens is 3. The molecule has 0 saturated heterocycles. The van der Waals surface area contributed by atoms with Crippen LogP contribution in [0.25, 0.3) is 21.9 Å². The number of aryl methyl sites for hydroxylation is 1. The number of hydrogen-bond acceptors (Lipinski definition) is 5. The average molecular weight is 313 g/mol. The zero-order valence-corrected chi connectivity index (χ0v) is 14.0. The summed E-state index contributed by atoms with van der Waals surface area (Å²) in [6, 6.07) is 6.04. The molecule has 0 aliphatic carbocycles. The second-order valence-electron chi connectivity index (χ2n) is 6.53. The summed E-state index contributed by atoms with van der Waals surface area (Å²) in [4.78, 5) is 9.15. The highest BCUT2D eigenvalue weighted by atomic mass is 16.3. The van der Waals surface area contributed by atoms with Crippen LogP contribution < -0.4 is 11.1 Å². The Bertz CT molecular complexity index is 876. The van der Waals surface area contributed by atoms with Crippen molar-refractivity contribution < 1.29 is 5.11 Å². The lowest BCUT2D eigenvalue weighted by Gasteiger charge is -2.20. The van der Waals surface area contributed by atoms with E-state index < -0.39 is 5.60 Å². The number of aliphatic hydroxyl groups is 1. The predicted octanol–water partition coefficient (Wildman–Crippen LogP) is 2.68. The van der Waals surface area contributed by atoms with Gasteiger partial charge in [-0.2, -0.15) is 0 Å². The van der Waals surface area contributed by atoms with Crippen molar-refractivity contribution in [1.29, 1.82) is 0 Å². The van der Waals surface area contributed by atoms with Gasteiger partial charge in [0.25, 0.3) is 0 Å². The summed E-state index contributed by atoms with van der Waals surface area (Å²) < 4.78 is 2.00. The van der Waals surface area contributed by atoms with Crippen molar-refractivity contribution in [3.05, 3.63) is 23.8 Å². The molecule has 2 heterocycles. The highest BCUT2D eigenvalue weighted by Gasteiger charge is 2.22. The minimum atomic E-state index is -0.869. The lowest BCUT2D eigenvalue weighted by molar-refractivity contribution is 0.0633. The smallest absolute Gasteiger partial charge is 0.204 e. The van der Waals surface area contributed by atoms with Crippen LogP contribution in [0.1, 0.15) is 26.3 Å². The summed E-state index contributed by atoms with van der Waals surface area (Å²) >= 11 is 0. The largest absolute Gasteiger partial charge is 0.389 e. The summed E-state index contributed by atoms with van der Waals surface area (Å²) in [5.74, 6) is 1.11. The molecule has 0 radical (unpaired) electrons. The molecule has 0 saturated carbocycles. The number of benzene rings is 1. The highest BCUT2D eigenvalue weighted by Crippen LogP contribution is 2.32. The maximum Gasteiger partial charge on any atom is 0.204 e. The van der Waals surface area contributed by atoms with Gasteiger partial charge in [-0.15, -0.1) is 0 Å². The number of rotatable bonds is 4. The van der Waals surface area contributed by atoms with Gasteiger partial charge in [0.2, 0.25) is 5.95 Å². The van der Waals surface area contributed by atoms with Gasteiger partial charge in [-0.1, -0.05) is 18.2 Å². The SMILES string of the molecule is CCNc1nc2c(N)nc3c(C)cccc3c2n1CC(C)(C)O. The van der Waals surface area contributed by atoms with Crippen molar-refractivity contribution in [2.45, 2.75) is 39.8 Å². The van der Waals surface area contributed by atoms with Gasteiger partial charge in [0, 0.05) is 11.9 Å². The van der Waals surface area contributed by atoms with E-state index in [9.17, 15) is 5.11 Å². The van der Waals surface area contributed by atoms with Crippen LogP contribution in [0.2, 0.25) is 0 Å². The Morgan fingerprint density at radius 2 is 2.00 bits per heavy atom. The quantitative estimate of drug-likeness (QED) is 0.689. The van der Waals surface area contributed by atoms with Crippen LogP contribution in [-0.2, 0) is 6.54 Å². The number of pyridine rings is 1. The number of para-hydroxylation sites is 1. The first-order valence-electron chi connectivity index (χ1n) is 7.83. The number of nitrogens with one attached hydrogen (secondary N) is 1. The fourth-order valence-corrected chi connectivity index (χ4v) is 2.91. The van der Waals surface area contributed by atoms with Crippen molar-refractivity contribution in [3.63, 3.8) is 0 Å². The number of anilines is 2. The van der Waals surface area contributed by atoms with E-state index in [2.05, 4.69) is 15.3 Å². The molecule has 0 unspecified atom stereocenters. The molecule has 3 aromatic rings. The fraction of sp³-hybridized carbons (Fsp3) is 0.412. The van der Waals surface area contributed by atoms with Crippen LogP contribution in [-0.4, -0.2) is 31.8 Å². The monoisotopic (exact) mass is 313 g/mol. The molecule has 0 amide bonds. The Labute approximate surface area is 135 Å². The van der Waals surface area contributed by atoms with E-state index >= 15 is 0 Å². The molecule has 6 heteroatoms. The first kappa shape index (κ1) is 15.6. The van der Waals surface area contributed by atoms with Crippen LogP contribution >= 0.6 is 0 Å². The number of fused-ring (bicyclic) bond motifs is 3. The van der Waals surface area contributed by atoms with Gasteiger partial charge in [-0.3, -0.25) is 0 Å². The molecule has 0 bridgehead atoms. The normalized spacial score (nSPS) is 12.2. The summed E-state index contributed by atoms with van der Waals surface area (Å²) in [6.07, 6.45) is 0. The van der Waals surface area contributed by atoms with E-state index in [4.69, 9.17) is 5.73 Å². The molecule has 6 nitrogen and oxygen atoms in total. The number of hydrogen-bond donors (Lipinski definition) is 3. The minimum Gasteiger partial charge on any atom is -0.389 e. The summed E-state index contributed by atoms with van der Waals surface area (Å²) in [6.45, 7) is 8.75. The van der Waals surface area contributed by atoms with Crippen LogP contribution in [0.5, 0.6) is 0 Å². The van der Waals surface area contributed by atoms with E-state index in [-0.39, 0.29) is 0 Å². The maximum atomic E-state index is 10.3. The van der Waals surface area contributed by atoms with E-state index in [1.54, 1.807) is 13.8 Å². The van der Waals surface area contributed by atoms with E-state index in [1.807, 2.05) is 36.6 Å². The zero-order chi connectivity index (χ0) is 16.8. The number of imidazole rings is 1. The van der Waals surface area contributed by atoms with Gasteiger partial charge in [-0.25, -0.2) is 9.97 Å². The Morgan fingerprint density at radius 3 is 2.65 bits per heavy atom. The topological polar surface area (TPSA) is 89.0 Å². The molecule has 4 N–H and O–H groups in total. The molecule has 0 spiro atoms. The third kappa shape index (κ3) is 2.70. The number of nitrogens with two attached hydrogens (primary N) is 1. The lowest BCUT2D eigenvalue weighted by atomic mass is 10.1. The second kappa shape index (κ2) is 5.38. The van der Waals surface area contributed by atoms with E-state index in [0.717, 1.165) is 28.5 Å².